The van der Waals surface area contributed by atoms with Crippen molar-refractivity contribution in [2.24, 2.45) is 0 Å². The van der Waals surface area contributed by atoms with Crippen molar-refractivity contribution in [2.75, 3.05) is 0 Å². The number of ether oxygens (including phenoxy) is 1. The molecule has 2 nitrogen and oxygen atoms in total. The Labute approximate surface area is 81.9 Å². The summed E-state index contributed by atoms with van der Waals surface area (Å²) in [4.78, 5) is 0. The molecule has 0 unspecified atom stereocenters. The van der Waals surface area contributed by atoms with Crippen LogP contribution in [0.1, 0.15) is 5.56 Å². The maximum absolute atomic E-state index is 11.8. The third-order valence-corrected chi connectivity index (χ3v) is 2.12. The van der Waals surface area contributed by atoms with Crippen molar-refractivity contribution >= 4 is 15.9 Å². The molecule has 0 N–H and O–H groups in total. The molecule has 13 heavy (non-hydrogen) atoms. The second-order valence-electron chi connectivity index (χ2n) is 2.11. The third kappa shape index (κ3) is 2.39. The first-order chi connectivity index (χ1) is 6.15. The highest BCUT2D eigenvalue weighted by Crippen LogP contribution is 2.29. The highest BCUT2D eigenvalue weighted by atomic mass is 79.9. The smallest absolute Gasteiger partial charge is 0.387 e. The van der Waals surface area contributed by atoms with E-state index >= 15 is 0 Å². The Morgan fingerprint density at radius 2 is 2.15 bits per heavy atom. The molecule has 1 aromatic carbocycles. The third-order valence-electron chi connectivity index (χ3n) is 1.30. The molecule has 0 aliphatic heterocycles. The lowest BCUT2D eigenvalue weighted by atomic mass is 10.2. The number of hydrogen-bond acceptors (Lipinski definition) is 2. The molecule has 0 heterocycles. The second-order valence-corrected chi connectivity index (χ2v) is 2.90. The molecule has 0 atom stereocenters. The van der Waals surface area contributed by atoms with Crippen molar-refractivity contribution in [3.05, 3.63) is 28.2 Å². The van der Waals surface area contributed by atoms with Crippen LogP contribution < -0.4 is 4.74 Å². The van der Waals surface area contributed by atoms with Gasteiger partial charge in [-0.1, -0.05) is 6.07 Å². The summed E-state index contributed by atoms with van der Waals surface area (Å²) in [7, 11) is 0. The number of hydrogen-bond donors (Lipinski definition) is 0. The molecule has 0 saturated carbocycles. The first-order valence-electron chi connectivity index (χ1n) is 3.28. The van der Waals surface area contributed by atoms with E-state index in [-0.39, 0.29) is 15.8 Å². The van der Waals surface area contributed by atoms with E-state index in [1.165, 1.54) is 18.2 Å². The summed E-state index contributed by atoms with van der Waals surface area (Å²) < 4.78 is 28.0. The van der Waals surface area contributed by atoms with Gasteiger partial charge in [0, 0.05) is 0 Å². The zero-order valence-corrected chi connectivity index (χ0v) is 7.88. The van der Waals surface area contributed by atoms with Crippen LogP contribution in [0.25, 0.3) is 0 Å². The predicted octanol–water partition coefficient (Wildman–Crippen LogP) is 2.92. The molecule has 0 saturated heterocycles. The standard InChI is InChI=1S/C8H4BrF2NO/c9-7-5(4-12)2-1-3-6(7)13-8(10)11/h1-3,8H. The number of benzene rings is 1. The normalized spacial score (nSPS) is 9.77. The Hall–Kier alpha value is -1.15. The Kier molecular flexibility index (Phi) is 3.20. The maximum Gasteiger partial charge on any atom is 0.387 e. The predicted molar refractivity (Wildman–Crippen MR) is 45.5 cm³/mol. The van der Waals surface area contributed by atoms with Crippen LogP contribution in [-0.4, -0.2) is 6.61 Å². The van der Waals surface area contributed by atoms with Crippen LogP contribution in [0, 0.1) is 11.3 Å². The van der Waals surface area contributed by atoms with E-state index in [0.717, 1.165) is 0 Å². The van der Waals surface area contributed by atoms with Gasteiger partial charge in [-0.25, -0.2) is 0 Å². The van der Waals surface area contributed by atoms with Crippen LogP contribution in [0.15, 0.2) is 22.7 Å². The van der Waals surface area contributed by atoms with E-state index in [9.17, 15) is 8.78 Å². The Balaban J connectivity index is 3.03. The summed E-state index contributed by atoms with van der Waals surface area (Å²) in [5.41, 5.74) is 0.262. The van der Waals surface area contributed by atoms with Crippen molar-refractivity contribution < 1.29 is 13.5 Å². The van der Waals surface area contributed by atoms with Gasteiger partial charge >= 0.3 is 6.61 Å². The quantitative estimate of drug-likeness (QED) is 0.806. The average Bonchev–Trinajstić information content (AvgIpc) is 2.08. The van der Waals surface area contributed by atoms with Crippen molar-refractivity contribution in [1.29, 1.82) is 5.26 Å². The highest BCUT2D eigenvalue weighted by Gasteiger charge is 2.10. The maximum atomic E-state index is 11.8. The zero-order chi connectivity index (χ0) is 9.84. The van der Waals surface area contributed by atoms with Crippen molar-refractivity contribution in [1.82, 2.24) is 0 Å². The van der Waals surface area contributed by atoms with E-state index in [1.807, 2.05) is 6.07 Å². The molecule has 1 aromatic rings. The lowest BCUT2D eigenvalue weighted by molar-refractivity contribution is -0.0503. The lowest BCUT2D eigenvalue weighted by Crippen LogP contribution is -2.02. The fourth-order valence-corrected chi connectivity index (χ4v) is 1.23. The van der Waals surface area contributed by atoms with E-state index in [2.05, 4.69) is 20.7 Å². The van der Waals surface area contributed by atoms with Gasteiger partial charge in [0.15, 0.2) is 0 Å². The number of nitriles is 1. The zero-order valence-electron chi connectivity index (χ0n) is 6.30. The fraction of sp³-hybridized carbons (Fsp3) is 0.125. The van der Waals surface area contributed by atoms with E-state index in [4.69, 9.17) is 5.26 Å². The first kappa shape index (κ1) is 9.93. The lowest BCUT2D eigenvalue weighted by Gasteiger charge is -2.06. The topological polar surface area (TPSA) is 33.0 Å². The Bertz CT molecular complexity index is 348. The van der Waals surface area contributed by atoms with Crippen molar-refractivity contribution in [2.45, 2.75) is 6.61 Å². The van der Waals surface area contributed by atoms with Crippen LogP contribution in [0.2, 0.25) is 0 Å². The summed E-state index contributed by atoms with van der Waals surface area (Å²) in [6, 6.07) is 6.17. The minimum atomic E-state index is -2.88. The molecule has 0 bridgehead atoms. The van der Waals surface area contributed by atoms with Crippen molar-refractivity contribution in [3.63, 3.8) is 0 Å². The van der Waals surface area contributed by atoms with Gasteiger partial charge in [-0.3, -0.25) is 0 Å². The summed E-state index contributed by atoms with van der Waals surface area (Å²) in [6.45, 7) is -2.88. The number of nitrogens with zero attached hydrogens (tertiary/aromatic N) is 1. The molecule has 0 aliphatic carbocycles. The monoisotopic (exact) mass is 247 g/mol. The molecule has 5 heteroatoms. The SMILES string of the molecule is N#Cc1cccc(OC(F)F)c1Br. The van der Waals surface area contributed by atoms with Gasteiger partial charge in [-0.05, 0) is 28.1 Å². The largest absolute Gasteiger partial charge is 0.434 e. The van der Waals surface area contributed by atoms with E-state index in [1.54, 1.807) is 0 Å². The molecular formula is C8H4BrF2NO. The van der Waals surface area contributed by atoms with Gasteiger partial charge in [-0.15, -0.1) is 0 Å². The van der Waals surface area contributed by atoms with Gasteiger partial charge < -0.3 is 4.74 Å². The Morgan fingerprint density at radius 3 is 2.69 bits per heavy atom. The number of rotatable bonds is 2. The van der Waals surface area contributed by atoms with Crippen LogP contribution in [-0.2, 0) is 0 Å². The van der Waals surface area contributed by atoms with Crippen LogP contribution in [0.4, 0.5) is 8.78 Å². The molecular weight excluding hydrogens is 244 g/mol. The summed E-state index contributed by atoms with van der Waals surface area (Å²) in [6.07, 6.45) is 0. The Morgan fingerprint density at radius 1 is 1.46 bits per heavy atom. The van der Waals surface area contributed by atoms with Crippen LogP contribution >= 0.6 is 15.9 Å². The highest BCUT2D eigenvalue weighted by molar-refractivity contribution is 9.10. The minimum Gasteiger partial charge on any atom is -0.434 e. The van der Waals surface area contributed by atoms with E-state index < -0.39 is 6.61 Å². The van der Waals surface area contributed by atoms with Gasteiger partial charge in [0.2, 0.25) is 0 Å². The molecule has 0 aromatic heterocycles. The summed E-state index contributed by atoms with van der Waals surface area (Å²) in [5.74, 6) is -0.0333. The van der Waals surface area contributed by atoms with Gasteiger partial charge in [0.05, 0.1) is 10.0 Å². The van der Waals surface area contributed by atoms with Gasteiger partial charge in [-0.2, -0.15) is 14.0 Å². The van der Waals surface area contributed by atoms with Crippen molar-refractivity contribution in [3.8, 4) is 11.8 Å². The number of alkyl halides is 2. The molecule has 0 spiro atoms. The first-order valence-corrected chi connectivity index (χ1v) is 4.08. The summed E-state index contributed by atoms with van der Waals surface area (Å²) >= 11 is 2.99. The molecule has 0 aliphatic rings. The van der Waals surface area contributed by atoms with Gasteiger partial charge in [0.1, 0.15) is 11.8 Å². The summed E-state index contributed by atoms with van der Waals surface area (Å²) in [5, 5.41) is 8.55. The molecule has 0 amide bonds. The van der Waals surface area contributed by atoms with Crippen LogP contribution in [0.3, 0.4) is 0 Å². The molecule has 68 valence electrons. The van der Waals surface area contributed by atoms with Gasteiger partial charge in [0.25, 0.3) is 0 Å². The minimum absolute atomic E-state index is 0.0333. The molecule has 1 rings (SSSR count). The molecule has 0 fully saturated rings. The molecule has 0 radical (unpaired) electrons. The second kappa shape index (κ2) is 4.19. The fourth-order valence-electron chi connectivity index (χ4n) is 0.784. The van der Waals surface area contributed by atoms with E-state index in [0.29, 0.717) is 0 Å². The average molecular weight is 248 g/mol. The number of halogens is 3. The van der Waals surface area contributed by atoms with Crippen LogP contribution in [0.5, 0.6) is 5.75 Å².